The van der Waals surface area contributed by atoms with Crippen LogP contribution in [0.3, 0.4) is 0 Å². The number of hydrogen-bond acceptors (Lipinski definition) is 3. The van der Waals surface area contributed by atoms with Crippen molar-refractivity contribution in [1.82, 2.24) is 4.90 Å². The summed E-state index contributed by atoms with van der Waals surface area (Å²) in [7, 11) is 0. The molecule has 0 spiro atoms. The number of benzene rings is 1. The largest absolute Gasteiger partial charge is 0.508 e. The van der Waals surface area contributed by atoms with E-state index in [9.17, 15) is 19.8 Å². The first-order chi connectivity index (χ1) is 9.92. The summed E-state index contributed by atoms with van der Waals surface area (Å²) in [5.74, 6) is -1.07. The predicted molar refractivity (Wildman–Crippen MR) is 78.4 cm³/mol. The van der Waals surface area contributed by atoms with Gasteiger partial charge in [-0.3, -0.25) is 4.79 Å². The van der Waals surface area contributed by atoms with Crippen LogP contribution >= 0.6 is 0 Å². The van der Waals surface area contributed by atoms with Crippen molar-refractivity contribution in [1.29, 1.82) is 0 Å². The second-order valence-corrected chi connectivity index (χ2v) is 5.65. The quantitative estimate of drug-likeness (QED) is 0.893. The van der Waals surface area contributed by atoms with Gasteiger partial charge in [0.2, 0.25) is 0 Å². The van der Waals surface area contributed by atoms with Gasteiger partial charge in [0, 0.05) is 12.1 Å². The number of aliphatic carboxylic acids is 1. The monoisotopic (exact) mass is 291 g/mol. The lowest BCUT2D eigenvalue weighted by atomic mass is 9.90. The van der Waals surface area contributed by atoms with E-state index in [2.05, 4.69) is 0 Å². The van der Waals surface area contributed by atoms with Gasteiger partial charge in [0.15, 0.2) is 0 Å². The molecule has 5 nitrogen and oxygen atoms in total. The number of amides is 1. The fraction of sp³-hybridized carbons (Fsp3) is 0.500. The van der Waals surface area contributed by atoms with Gasteiger partial charge in [-0.15, -0.1) is 0 Å². The first-order valence-corrected chi connectivity index (χ1v) is 7.27. The molecule has 1 aliphatic heterocycles. The fourth-order valence-corrected chi connectivity index (χ4v) is 3.12. The van der Waals surface area contributed by atoms with E-state index >= 15 is 0 Å². The lowest BCUT2D eigenvalue weighted by molar-refractivity contribution is -0.148. The molecule has 0 aromatic heterocycles. The Morgan fingerprint density at radius 3 is 2.67 bits per heavy atom. The maximum Gasteiger partial charge on any atom is 0.329 e. The van der Waals surface area contributed by atoms with Crippen LogP contribution in [0.25, 0.3) is 0 Å². The second kappa shape index (κ2) is 5.76. The minimum Gasteiger partial charge on any atom is -0.508 e. The third kappa shape index (κ3) is 2.60. The number of carbonyl (C=O) groups is 2. The first-order valence-electron chi connectivity index (χ1n) is 7.27. The Hall–Kier alpha value is -2.04. The molecule has 1 aromatic rings. The van der Waals surface area contributed by atoms with Crippen LogP contribution in [-0.2, 0) is 4.79 Å². The molecule has 5 heteroatoms. The van der Waals surface area contributed by atoms with Gasteiger partial charge in [-0.05, 0) is 49.9 Å². The molecule has 21 heavy (non-hydrogen) atoms. The number of aryl methyl sites for hydroxylation is 1. The second-order valence-electron chi connectivity index (χ2n) is 5.65. The van der Waals surface area contributed by atoms with E-state index in [4.69, 9.17) is 0 Å². The third-order valence-corrected chi connectivity index (χ3v) is 4.24. The van der Waals surface area contributed by atoms with E-state index in [1.165, 1.54) is 11.0 Å². The van der Waals surface area contributed by atoms with E-state index in [1.807, 2.05) is 6.92 Å². The lowest BCUT2D eigenvalue weighted by Crippen LogP contribution is -2.53. The number of rotatable bonds is 4. The molecule has 114 valence electrons. The number of carboxylic acids is 1. The molecule has 2 rings (SSSR count). The Kier molecular flexibility index (Phi) is 4.21. The maximum atomic E-state index is 12.7. The Morgan fingerprint density at radius 1 is 1.38 bits per heavy atom. The minimum absolute atomic E-state index is 0.131. The number of phenolic OH excluding ortho intramolecular Hbond substituents is 1. The number of likely N-dealkylation sites (tertiary alicyclic amines) is 1. The summed E-state index contributed by atoms with van der Waals surface area (Å²) >= 11 is 0. The highest BCUT2D eigenvalue weighted by Gasteiger charge is 2.49. The molecule has 1 amide bonds. The van der Waals surface area contributed by atoms with Crippen LogP contribution in [0.15, 0.2) is 18.2 Å². The van der Waals surface area contributed by atoms with Gasteiger partial charge in [0.1, 0.15) is 11.3 Å². The molecule has 0 radical (unpaired) electrons. The number of carboxylic acid groups (broad SMARTS) is 1. The average molecular weight is 291 g/mol. The Labute approximate surface area is 124 Å². The average Bonchev–Trinajstić information content (AvgIpc) is 2.86. The molecule has 1 aliphatic rings. The molecule has 0 saturated carbocycles. The summed E-state index contributed by atoms with van der Waals surface area (Å²) in [4.78, 5) is 25.9. The van der Waals surface area contributed by atoms with Gasteiger partial charge in [-0.1, -0.05) is 13.3 Å². The zero-order chi connectivity index (χ0) is 15.6. The van der Waals surface area contributed by atoms with Crippen molar-refractivity contribution >= 4 is 11.9 Å². The molecule has 0 bridgehead atoms. The smallest absolute Gasteiger partial charge is 0.329 e. The molecule has 1 heterocycles. The number of phenols is 1. The molecule has 1 atom stereocenters. The highest BCUT2D eigenvalue weighted by molar-refractivity contribution is 5.98. The summed E-state index contributed by atoms with van der Waals surface area (Å²) in [6.45, 7) is 4.11. The molecule has 1 unspecified atom stereocenters. The number of nitrogens with zero attached hydrogens (tertiary/aromatic N) is 1. The van der Waals surface area contributed by atoms with Crippen molar-refractivity contribution in [3.05, 3.63) is 29.3 Å². The first kappa shape index (κ1) is 15.4. The molecule has 1 saturated heterocycles. The predicted octanol–water partition coefficient (Wildman–Crippen LogP) is 2.56. The van der Waals surface area contributed by atoms with Crippen molar-refractivity contribution in [2.24, 2.45) is 0 Å². The van der Waals surface area contributed by atoms with Gasteiger partial charge in [-0.25, -0.2) is 4.79 Å². The standard InChI is InChI=1S/C16H21NO4/c1-3-7-16(15(20)21)8-4-9-17(16)14(19)12-5-6-13(18)11(2)10-12/h5-6,10,18H,3-4,7-9H2,1-2H3,(H,20,21). The van der Waals surface area contributed by atoms with E-state index in [0.29, 0.717) is 43.4 Å². The molecular formula is C16H21NO4. The normalized spacial score (nSPS) is 21.5. The molecular weight excluding hydrogens is 270 g/mol. The summed E-state index contributed by atoms with van der Waals surface area (Å²) in [5, 5.41) is 19.2. The van der Waals surface area contributed by atoms with Crippen molar-refractivity contribution in [2.75, 3.05) is 6.54 Å². The summed E-state index contributed by atoms with van der Waals surface area (Å²) < 4.78 is 0. The molecule has 1 fully saturated rings. The van der Waals surface area contributed by atoms with Gasteiger partial charge in [-0.2, -0.15) is 0 Å². The molecule has 0 aliphatic carbocycles. The van der Waals surface area contributed by atoms with Crippen molar-refractivity contribution in [2.45, 2.75) is 45.1 Å². The van der Waals surface area contributed by atoms with Crippen LogP contribution in [0.2, 0.25) is 0 Å². The van der Waals surface area contributed by atoms with Crippen LogP contribution in [0, 0.1) is 6.92 Å². The zero-order valence-electron chi connectivity index (χ0n) is 12.4. The van der Waals surface area contributed by atoms with Gasteiger partial charge >= 0.3 is 5.97 Å². The zero-order valence-corrected chi connectivity index (χ0v) is 12.4. The van der Waals surface area contributed by atoms with Crippen molar-refractivity contribution in [3.63, 3.8) is 0 Å². The Bertz CT molecular complexity index is 569. The fourth-order valence-electron chi connectivity index (χ4n) is 3.12. The van der Waals surface area contributed by atoms with E-state index < -0.39 is 11.5 Å². The van der Waals surface area contributed by atoms with Crippen molar-refractivity contribution in [3.8, 4) is 5.75 Å². The number of aromatic hydroxyl groups is 1. The SMILES string of the molecule is CCCC1(C(=O)O)CCCN1C(=O)c1ccc(O)c(C)c1. The summed E-state index contributed by atoms with van der Waals surface area (Å²) in [6, 6.07) is 4.62. The van der Waals surface area contributed by atoms with Crippen LogP contribution in [0.5, 0.6) is 5.75 Å². The van der Waals surface area contributed by atoms with E-state index in [0.717, 1.165) is 0 Å². The third-order valence-electron chi connectivity index (χ3n) is 4.24. The van der Waals surface area contributed by atoms with Crippen LogP contribution in [0.1, 0.15) is 48.5 Å². The Balaban J connectivity index is 2.36. The van der Waals surface area contributed by atoms with Crippen LogP contribution in [-0.4, -0.2) is 39.1 Å². The van der Waals surface area contributed by atoms with Crippen molar-refractivity contribution < 1.29 is 19.8 Å². The molecule has 1 aromatic carbocycles. The highest BCUT2D eigenvalue weighted by Crippen LogP contribution is 2.35. The van der Waals surface area contributed by atoms with E-state index in [-0.39, 0.29) is 11.7 Å². The summed E-state index contributed by atoms with van der Waals surface area (Å²) in [6.07, 6.45) is 2.38. The van der Waals surface area contributed by atoms with E-state index in [1.54, 1.807) is 19.1 Å². The van der Waals surface area contributed by atoms with Gasteiger partial charge in [0.25, 0.3) is 5.91 Å². The topological polar surface area (TPSA) is 77.8 Å². The van der Waals surface area contributed by atoms with Crippen LogP contribution < -0.4 is 0 Å². The van der Waals surface area contributed by atoms with Crippen LogP contribution in [0.4, 0.5) is 0 Å². The minimum atomic E-state index is -1.09. The summed E-state index contributed by atoms with van der Waals surface area (Å²) in [5.41, 5.74) is -0.0529. The van der Waals surface area contributed by atoms with Gasteiger partial charge < -0.3 is 15.1 Å². The number of carbonyl (C=O) groups excluding carboxylic acids is 1. The maximum absolute atomic E-state index is 12.7. The lowest BCUT2D eigenvalue weighted by Gasteiger charge is -2.34. The highest BCUT2D eigenvalue weighted by atomic mass is 16.4. The Morgan fingerprint density at radius 2 is 2.10 bits per heavy atom. The van der Waals surface area contributed by atoms with Gasteiger partial charge in [0.05, 0.1) is 0 Å². The molecule has 2 N–H and O–H groups in total. The number of hydrogen-bond donors (Lipinski definition) is 2.